The lowest BCUT2D eigenvalue weighted by molar-refractivity contribution is -0.144. The topological polar surface area (TPSA) is 71.5 Å². The van der Waals surface area contributed by atoms with Crippen molar-refractivity contribution in [3.63, 3.8) is 0 Å². The number of ether oxygens (including phenoxy) is 1. The number of hydrogen-bond donors (Lipinski definition) is 1. The van der Waals surface area contributed by atoms with Gasteiger partial charge in [-0.25, -0.2) is 0 Å². The van der Waals surface area contributed by atoms with Crippen LogP contribution in [0.3, 0.4) is 0 Å². The van der Waals surface area contributed by atoms with Gasteiger partial charge in [0, 0.05) is 30.7 Å². The van der Waals surface area contributed by atoms with Gasteiger partial charge in [0.1, 0.15) is 0 Å². The Bertz CT molecular complexity index is 638. The molecular formula is C18H23N3O3. The van der Waals surface area contributed by atoms with Crippen LogP contribution in [0.4, 0.5) is 5.69 Å². The fraction of sp³-hybridized carbons (Fsp3) is 0.500. The lowest BCUT2D eigenvalue weighted by Gasteiger charge is -2.34. The van der Waals surface area contributed by atoms with Crippen LogP contribution in [0.25, 0.3) is 0 Å². The third-order valence-corrected chi connectivity index (χ3v) is 4.57. The summed E-state index contributed by atoms with van der Waals surface area (Å²) >= 11 is 0. The molecule has 0 saturated carbocycles. The van der Waals surface area contributed by atoms with Crippen molar-refractivity contribution in [3.05, 3.63) is 36.2 Å². The molecule has 6 heteroatoms. The van der Waals surface area contributed by atoms with Crippen molar-refractivity contribution in [1.82, 2.24) is 9.88 Å². The second-order valence-electron chi connectivity index (χ2n) is 6.27. The molecule has 2 atom stereocenters. The molecule has 1 aromatic rings. The SMILES string of the molecule is Cc1cc(NC(=O)[C@@H]2CC=CC[C@H]2C(=O)N2CCOCC2)ccn1. The summed E-state index contributed by atoms with van der Waals surface area (Å²) in [6, 6.07) is 3.59. The van der Waals surface area contributed by atoms with Crippen LogP contribution < -0.4 is 5.32 Å². The van der Waals surface area contributed by atoms with Crippen molar-refractivity contribution < 1.29 is 14.3 Å². The van der Waals surface area contributed by atoms with Gasteiger partial charge in [0.2, 0.25) is 11.8 Å². The minimum atomic E-state index is -0.334. The fourth-order valence-corrected chi connectivity index (χ4v) is 3.25. The number of aromatic nitrogens is 1. The third-order valence-electron chi connectivity index (χ3n) is 4.57. The molecule has 1 aromatic heterocycles. The van der Waals surface area contributed by atoms with Gasteiger partial charge < -0.3 is 15.0 Å². The highest BCUT2D eigenvalue weighted by molar-refractivity contribution is 5.96. The maximum atomic E-state index is 12.8. The third kappa shape index (κ3) is 3.82. The first-order valence-electron chi connectivity index (χ1n) is 8.40. The minimum Gasteiger partial charge on any atom is -0.378 e. The Morgan fingerprint density at radius 2 is 1.92 bits per heavy atom. The molecule has 0 unspecified atom stereocenters. The number of allylic oxidation sites excluding steroid dienone is 2. The Hall–Kier alpha value is -2.21. The van der Waals surface area contributed by atoms with Gasteiger partial charge in [0.05, 0.1) is 25.0 Å². The van der Waals surface area contributed by atoms with Crippen LogP contribution in [0, 0.1) is 18.8 Å². The molecule has 0 aromatic carbocycles. The summed E-state index contributed by atoms with van der Waals surface area (Å²) in [5.41, 5.74) is 1.57. The van der Waals surface area contributed by atoms with Crippen LogP contribution >= 0.6 is 0 Å². The summed E-state index contributed by atoms with van der Waals surface area (Å²) < 4.78 is 5.31. The summed E-state index contributed by atoms with van der Waals surface area (Å²) in [6.45, 7) is 4.24. The normalized spacial score (nSPS) is 23.8. The predicted molar refractivity (Wildman–Crippen MR) is 90.4 cm³/mol. The number of rotatable bonds is 3. The van der Waals surface area contributed by atoms with Crippen LogP contribution in [0.15, 0.2) is 30.5 Å². The molecule has 24 heavy (non-hydrogen) atoms. The van der Waals surface area contributed by atoms with E-state index in [9.17, 15) is 9.59 Å². The Kier molecular flexibility index (Phi) is 5.25. The van der Waals surface area contributed by atoms with Gasteiger partial charge in [-0.15, -0.1) is 0 Å². The lowest BCUT2D eigenvalue weighted by Crippen LogP contribution is -2.47. The summed E-state index contributed by atoms with van der Waals surface area (Å²) in [5.74, 6) is -0.667. The van der Waals surface area contributed by atoms with E-state index >= 15 is 0 Å². The average Bonchev–Trinajstić information content (AvgIpc) is 2.62. The van der Waals surface area contributed by atoms with Crippen LogP contribution in [0.5, 0.6) is 0 Å². The second-order valence-corrected chi connectivity index (χ2v) is 6.27. The number of hydrogen-bond acceptors (Lipinski definition) is 4. The highest BCUT2D eigenvalue weighted by Gasteiger charge is 2.36. The van der Waals surface area contributed by atoms with Crippen molar-refractivity contribution >= 4 is 17.5 Å². The minimum absolute atomic E-state index is 0.0636. The zero-order chi connectivity index (χ0) is 16.9. The molecule has 1 N–H and O–H groups in total. The summed E-state index contributed by atoms with van der Waals surface area (Å²) in [7, 11) is 0. The molecule has 3 rings (SSSR count). The Morgan fingerprint density at radius 1 is 1.21 bits per heavy atom. The van der Waals surface area contributed by atoms with E-state index in [0.717, 1.165) is 11.4 Å². The molecule has 1 saturated heterocycles. The first kappa shape index (κ1) is 16.6. The van der Waals surface area contributed by atoms with Crippen LogP contribution in [0.1, 0.15) is 18.5 Å². The molecule has 1 fully saturated rings. The number of nitrogens with one attached hydrogen (secondary N) is 1. The molecule has 6 nitrogen and oxygen atoms in total. The molecule has 1 aliphatic heterocycles. The molecule has 2 aliphatic rings. The predicted octanol–water partition coefficient (Wildman–Crippen LogP) is 1.77. The van der Waals surface area contributed by atoms with E-state index in [0.29, 0.717) is 39.1 Å². The van der Waals surface area contributed by atoms with Crippen molar-refractivity contribution in [3.8, 4) is 0 Å². The van der Waals surface area contributed by atoms with Crippen molar-refractivity contribution in [2.45, 2.75) is 19.8 Å². The number of nitrogens with zero attached hydrogens (tertiary/aromatic N) is 2. The highest BCUT2D eigenvalue weighted by Crippen LogP contribution is 2.29. The van der Waals surface area contributed by atoms with E-state index < -0.39 is 0 Å². The smallest absolute Gasteiger partial charge is 0.228 e. The number of amides is 2. The van der Waals surface area contributed by atoms with Crippen molar-refractivity contribution in [2.75, 3.05) is 31.6 Å². The van der Waals surface area contributed by atoms with Gasteiger partial charge in [0.15, 0.2) is 0 Å². The maximum absolute atomic E-state index is 12.8. The molecule has 0 spiro atoms. The largest absolute Gasteiger partial charge is 0.378 e. The average molecular weight is 329 g/mol. The highest BCUT2D eigenvalue weighted by atomic mass is 16.5. The van der Waals surface area contributed by atoms with Crippen LogP contribution in [0.2, 0.25) is 0 Å². The molecule has 1 aliphatic carbocycles. The Balaban J connectivity index is 1.70. The Labute approximate surface area is 141 Å². The standard InChI is InChI=1S/C18H23N3O3/c1-13-12-14(6-7-19-13)20-17(22)15-4-2-3-5-16(15)18(23)21-8-10-24-11-9-21/h2-3,6-7,12,15-16H,4-5,8-11H2,1H3,(H,19,20,22)/t15-,16-/m1/s1. The maximum Gasteiger partial charge on any atom is 0.228 e. The molecule has 128 valence electrons. The monoisotopic (exact) mass is 329 g/mol. The quantitative estimate of drug-likeness (QED) is 0.858. The first-order valence-corrected chi connectivity index (χ1v) is 8.40. The van der Waals surface area contributed by atoms with E-state index in [1.807, 2.05) is 30.0 Å². The molecule has 0 bridgehead atoms. The van der Waals surface area contributed by atoms with Gasteiger partial charge in [-0.05, 0) is 31.9 Å². The van der Waals surface area contributed by atoms with Gasteiger partial charge in [-0.3, -0.25) is 14.6 Å². The molecule has 2 amide bonds. The van der Waals surface area contributed by atoms with E-state index in [4.69, 9.17) is 4.74 Å². The van der Waals surface area contributed by atoms with E-state index in [-0.39, 0.29) is 23.7 Å². The van der Waals surface area contributed by atoms with E-state index in [2.05, 4.69) is 10.3 Å². The van der Waals surface area contributed by atoms with E-state index in [1.165, 1.54) is 0 Å². The number of morpholine rings is 1. The zero-order valence-corrected chi connectivity index (χ0v) is 13.9. The van der Waals surface area contributed by atoms with Gasteiger partial charge in [-0.2, -0.15) is 0 Å². The summed E-state index contributed by atoms with van der Waals surface area (Å²) in [5, 5.41) is 2.93. The van der Waals surface area contributed by atoms with Crippen molar-refractivity contribution in [2.24, 2.45) is 11.8 Å². The van der Waals surface area contributed by atoms with Gasteiger partial charge in [0.25, 0.3) is 0 Å². The zero-order valence-electron chi connectivity index (χ0n) is 13.9. The lowest BCUT2D eigenvalue weighted by atomic mass is 9.81. The summed E-state index contributed by atoms with van der Waals surface area (Å²) in [4.78, 5) is 31.5. The molecular weight excluding hydrogens is 306 g/mol. The van der Waals surface area contributed by atoms with Gasteiger partial charge >= 0.3 is 0 Å². The summed E-state index contributed by atoms with van der Waals surface area (Å²) in [6.07, 6.45) is 6.87. The number of pyridine rings is 1. The van der Waals surface area contributed by atoms with Gasteiger partial charge in [-0.1, -0.05) is 12.2 Å². The van der Waals surface area contributed by atoms with Crippen molar-refractivity contribution in [1.29, 1.82) is 0 Å². The first-order chi connectivity index (χ1) is 11.6. The van der Waals surface area contributed by atoms with E-state index in [1.54, 1.807) is 12.3 Å². The number of aryl methyl sites for hydroxylation is 1. The number of anilines is 1. The van der Waals surface area contributed by atoms with Crippen LogP contribution in [-0.4, -0.2) is 48.0 Å². The second kappa shape index (κ2) is 7.57. The number of carbonyl (C=O) groups is 2. The molecule has 2 heterocycles. The van der Waals surface area contributed by atoms with Crippen LogP contribution in [-0.2, 0) is 14.3 Å². The Morgan fingerprint density at radius 3 is 2.62 bits per heavy atom. The molecule has 0 radical (unpaired) electrons. The fourth-order valence-electron chi connectivity index (χ4n) is 3.25. The number of carbonyl (C=O) groups excluding carboxylic acids is 2.